The van der Waals surface area contributed by atoms with Crippen LogP contribution in [-0.4, -0.2) is 53.2 Å². The number of carbonyl (C=O) groups is 1. The fourth-order valence-electron chi connectivity index (χ4n) is 2.34. The van der Waals surface area contributed by atoms with E-state index in [0.717, 1.165) is 6.42 Å². The van der Waals surface area contributed by atoms with Crippen LogP contribution in [0.1, 0.15) is 24.9 Å². The molecule has 0 aromatic carbocycles. The standard InChI is InChI=1S/C14H22N4O3/c1-10-8-13(19)17-12(16-10)4-5-15-14(20)18-6-3-7-21-11(2)9-18/h8,11H,3-7,9H2,1-2H3,(H,15,20)(H,16,17,19)/t11-/m0/s1. The van der Waals surface area contributed by atoms with Gasteiger partial charge in [-0.3, -0.25) is 4.79 Å². The first-order chi connectivity index (χ1) is 10.0. The minimum absolute atomic E-state index is 0.0630. The number of hydrogen-bond donors (Lipinski definition) is 2. The zero-order valence-corrected chi connectivity index (χ0v) is 12.5. The third kappa shape index (κ3) is 4.86. The molecule has 0 bridgehead atoms. The van der Waals surface area contributed by atoms with Gasteiger partial charge in [-0.25, -0.2) is 9.78 Å². The van der Waals surface area contributed by atoms with Gasteiger partial charge in [0, 0.05) is 44.4 Å². The molecule has 2 rings (SSSR count). The van der Waals surface area contributed by atoms with Gasteiger partial charge >= 0.3 is 6.03 Å². The van der Waals surface area contributed by atoms with Crippen molar-refractivity contribution >= 4 is 6.03 Å². The summed E-state index contributed by atoms with van der Waals surface area (Å²) in [4.78, 5) is 32.1. The van der Waals surface area contributed by atoms with E-state index in [-0.39, 0.29) is 17.7 Å². The highest BCUT2D eigenvalue weighted by Crippen LogP contribution is 2.05. The van der Waals surface area contributed by atoms with Crippen molar-refractivity contribution < 1.29 is 9.53 Å². The van der Waals surface area contributed by atoms with Gasteiger partial charge in [0.1, 0.15) is 5.82 Å². The van der Waals surface area contributed by atoms with Crippen LogP contribution in [-0.2, 0) is 11.2 Å². The van der Waals surface area contributed by atoms with Gasteiger partial charge in [0.2, 0.25) is 0 Å². The monoisotopic (exact) mass is 294 g/mol. The van der Waals surface area contributed by atoms with Crippen molar-refractivity contribution in [2.75, 3.05) is 26.2 Å². The van der Waals surface area contributed by atoms with E-state index < -0.39 is 0 Å². The lowest BCUT2D eigenvalue weighted by molar-refractivity contribution is 0.0710. The van der Waals surface area contributed by atoms with Crippen LogP contribution in [0.2, 0.25) is 0 Å². The van der Waals surface area contributed by atoms with Crippen LogP contribution < -0.4 is 10.9 Å². The summed E-state index contributed by atoms with van der Waals surface area (Å²) >= 11 is 0. The van der Waals surface area contributed by atoms with E-state index in [1.807, 2.05) is 6.92 Å². The molecule has 1 aromatic heterocycles. The minimum atomic E-state index is -0.165. The van der Waals surface area contributed by atoms with E-state index in [2.05, 4.69) is 15.3 Å². The Morgan fingerprint density at radius 1 is 1.62 bits per heavy atom. The third-order valence-corrected chi connectivity index (χ3v) is 3.30. The molecule has 1 saturated heterocycles. The van der Waals surface area contributed by atoms with Gasteiger partial charge in [0.05, 0.1) is 6.10 Å². The second-order valence-electron chi connectivity index (χ2n) is 5.30. The maximum Gasteiger partial charge on any atom is 0.317 e. The summed E-state index contributed by atoms with van der Waals surface area (Å²) in [6.45, 7) is 6.18. The molecule has 1 aliphatic heterocycles. The average Bonchev–Trinajstić information content (AvgIpc) is 2.62. The van der Waals surface area contributed by atoms with Gasteiger partial charge in [-0.2, -0.15) is 0 Å². The van der Waals surface area contributed by atoms with E-state index in [0.29, 0.717) is 44.2 Å². The topological polar surface area (TPSA) is 87.3 Å². The Labute approximate surface area is 123 Å². The number of rotatable bonds is 3. The van der Waals surface area contributed by atoms with E-state index in [4.69, 9.17) is 4.74 Å². The van der Waals surface area contributed by atoms with Crippen molar-refractivity contribution in [3.05, 3.63) is 27.9 Å². The molecule has 0 radical (unpaired) electrons. The van der Waals surface area contributed by atoms with Crippen LogP contribution >= 0.6 is 0 Å². The Bertz CT molecular complexity index is 543. The molecule has 1 fully saturated rings. The maximum absolute atomic E-state index is 12.1. The van der Waals surface area contributed by atoms with Crippen molar-refractivity contribution in [2.24, 2.45) is 0 Å². The molecule has 1 atom stereocenters. The highest BCUT2D eigenvalue weighted by Gasteiger charge is 2.19. The fraction of sp³-hybridized carbons (Fsp3) is 0.643. The van der Waals surface area contributed by atoms with Gasteiger partial charge in [0.15, 0.2) is 0 Å². The van der Waals surface area contributed by atoms with Crippen molar-refractivity contribution in [1.82, 2.24) is 20.2 Å². The molecule has 0 aliphatic carbocycles. The van der Waals surface area contributed by atoms with Gasteiger partial charge < -0.3 is 19.9 Å². The zero-order chi connectivity index (χ0) is 15.2. The number of aromatic nitrogens is 2. The Hall–Kier alpha value is -1.89. The number of nitrogens with one attached hydrogen (secondary N) is 2. The predicted octanol–water partition coefficient (Wildman–Crippen LogP) is 0.441. The summed E-state index contributed by atoms with van der Waals surface area (Å²) in [6, 6.07) is 1.35. The molecular weight excluding hydrogens is 272 g/mol. The summed E-state index contributed by atoms with van der Waals surface area (Å²) in [6.07, 6.45) is 1.42. The number of carbonyl (C=O) groups excluding carboxylic acids is 1. The van der Waals surface area contributed by atoms with Crippen LogP contribution in [0.15, 0.2) is 10.9 Å². The first-order valence-corrected chi connectivity index (χ1v) is 7.26. The van der Waals surface area contributed by atoms with Gasteiger partial charge in [-0.05, 0) is 20.3 Å². The number of H-pyrrole nitrogens is 1. The second-order valence-corrected chi connectivity index (χ2v) is 5.30. The molecule has 116 valence electrons. The summed E-state index contributed by atoms with van der Waals surface area (Å²) in [5.41, 5.74) is 0.515. The number of aromatic amines is 1. The largest absolute Gasteiger partial charge is 0.377 e. The molecule has 0 saturated carbocycles. The highest BCUT2D eigenvalue weighted by atomic mass is 16.5. The lowest BCUT2D eigenvalue weighted by atomic mass is 10.3. The number of ether oxygens (including phenoxy) is 1. The van der Waals surface area contributed by atoms with E-state index in [1.54, 1.807) is 11.8 Å². The predicted molar refractivity (Wildman–Crippen MR) is 78.3 cm³/mol. The Kier molecular flexibility index (Phi) is 5.32. The quantitative estimate of drug-likeness (QED) is 0.847. The minimum Gasteiger partial charge on any atom is -0.377 e. The first kappa shape index (κ1) is 15.5. The van der Waals surface area contributed by atoms with Crippen LogP contribution in [0.5, 0.6) is 0 Å². The van der Waals surface area contributed by atoms with Gasteiger partial charge in [-0.15, -0.1) is 0 Å². The van der Waals surface area contributed by atoms with Gasteiger partial charge in [0.25, 0.3) is 5.56 Å². The molecule has 0 unspecified atom stereocenters. The molecule has 1 aliphatic rings. The number of aryl methyl sites for hydroxylation is 1. The van der Waals surface area contributed by atoms with Crippen LogP contribution in [0.25, 0.3) is 0 Å². The first-order valence-electron chi connectivity index (χ1n) is 7.26. The van der Waals surface area contributed by atoms with Crippen molar-refractivity contribution in [1.29, 1.82) is 0 Å². The summed E-state index contributed by atoms with van der Waals surface area (Å²) in [5, 5.41) is 2.86. The van der Waals surface area contributed by atoms with Crippen molar-refractivity contribution in [2.45, 2.75) is 32.8 Å². The van der Waals surface area contributed by atoms with Gasteiger partial charge in [-0.1, -0.05) is 0 Å². The maximum atomic E-state index is 12.1. The SMILES string of the molecule is Cc1cc(=O)[nH]c(CCNC(=O)N2CCCO[C@@H](C)C2)n1. The molecule has 0 spiro atoms. The summed E-state index contributed by atoms with van der Waals surface area (Å²) < 4.78 is 5.51. The molecule has 2 N–H and O–H groups in total. The Morgan fingerprint density at radius 3 is 3.19 bits per heavy atom. The Balaban J connectivity index is 1.82. The fourth-order valence-corrected chi connectivity index (χ4v) is 2.34. The molecular formula is C14H22N4O3. The number of nitrogens with zero attached hydrogens (tertiary/aromatic N) is 2. The Morgan fingerprint density at radius 2 is 2.43 bits per heavy atom. The number of amides is 2. The normalized spacial score (nSPS) is 19.1. The smallest absolute Gasteiger partial charge is 0.317 e. The number of hydrogen-bond acceptors (Lipinski definition) is 4. The van der Waals surface area contributed by atoms with Crippen LogP contribution in [0.3, 0.4) is 0 Å². The van der Waals surface area contributed by atoms with Crippen LogP contribution in [0.4, 0.5) is 4.79 Å². The highest BCUT2D eigenvalue weighted by molar-refractivity contribution is 5.74. The van der Waals surface area contributed by atoms with Crippen molar-refractivity contribution in [3.8, 4) is 0 Å². The van der Waals surface area contributed by atoms with Crippen LogP contribution in [0, 0.1) is 6.92 Å². The van der Waals surface area contributed by atoms with E-state index >= 15 is 0 Å². The second kappa shape index (κ2) is 7.21. The number of urea groups is 1. The lowest BCUT2D eigenvalue weighted by Gasteiger charge is -2.22. The summed E-state index contributed by atoms with van der Waals surface area (Å²) in [5.74, 6) is 0.591. The summed E-state index contributed by atoms with van der Waals surface area (Å²) in [7, 11) is 0. The van der Waals surface area contributed by atoms with Crippen molar-refractivity contribution in [3.63, 3.8) is 0 Å². The zero-order valence-electron chi connectivity index (χ0n) is 12.5. The molecule has 1 aromatic rings. The lowest BCUT2D eigenvalue weighted by Crippen LogP contribution is -2.43. The molecule has 2 amide bonds. The molecule has 7 heteroatoms. The van der Waals surface area contributed by atoms with E-state index in [9.17, 15) is 9.59 Å². The molecule has 2 heterocycles. The van der Waals surface area contributed by atoms with E-state index in [1.165, 1.54) is 6.07 Å². The average molecular weight is 294 g/mol. The molecule has 7 nitrogen and oxygen atoms in total. The third-order valence-electron chi connectivity index (χ3n) is 3.30. The molecule has 21 heavy (non-hydrogen) atoms.